The first kappa shape index (κ1) is 13.9. The molecule has 1 nitrogen and oxygen atoms in total. The molecule has 1 aliphatic rings. The molecule has 0 aliphatic heterocycles. The molecule has 0 N–H and O–H groups in total. The van der Waals surface area contributed by atoms with Gasteiger partial charge in [0.05, 0.1) is 5.02 Å². The van der Waals surface area contributed by atoms with Crippen LogP contribution in [0.25, 0.3) is 0 Å². The van der Waals surface area contributed by atoms with Gasteiger partial charge < -0.3 is 0 Å². The van der Waals surface area contributed by atoms with Gasteiger partial charge in [-0.1, -0.05) is 37.0 Å². The largest absolute Gasteiger partial charge is 0.294 e. The lowest BCUT2D eigenvalue weighted by Gasteiger charge is -2.33. The predicted molar refractivity (Wildman–Crippen MR) is 76.5 cm³/mol. The highest BCUT2D eigenvalue weighted by molar-refractivity contribution is 6.36. The van der Waals surface area contributed by atoms with Gasteiger partial charge in [-0.25, -0.2) is 0 Å². The van der Waals surface area contributed by atoms with Crippen LogP contribution in [0, 0.1) is 11.3 Å². The molecule has 0 heterocycles. The van der Waals surface area contributed by atoms with Gasteiger partial charge in [0.25, 0.3) is 0 Å². The van der Waals surface area contributed by atoms with Crippen molar-refractivity contribution >= 4 is 29.0 Å². The number of carbonyl (C=O) groups is 1. The minimum atomic E-state index is 0.106. The normalized spacial score (nSPS) is 19.8. The Morgan fingerprint density at radius 2 is 1.83 bits per heavy atom. The van der Waals surface area contributed by atoms with Crippen LogP contribution in [0.2, 0.25) is 10.0 Å². The summed E-state index contributed by atoms with van der Waals surface area (Å²) in [5.41, 5.74) is 0.948. The van der Waals surface area contributed by atoms with Crippen LogP contribution in [0.4, 0.5) is 0 Å². The van der Waals surface area contributed by atoms with Gasteiger partial charge >= 0.3 is 0 Å². The van der Waals surface area contributed by atoms with Crippen LogP contribution in [0.5, 0.6) is 0 Å². The van der Waals surface area contributed by atoms with E-state index in [-0.39, 0.29) is 11.7 Å². The second-order valence-corrected chi connectivity index (χ2v) is 6.77. The lowest BCUT2D eigenvalue weighted by Crippen LogP contribution is -2.26. The summed E-state index contributed by atoms with van der Waals surface area (Å²) in [6.45, 7) is 4.53. The molecule has 1 fully saturated rings. The Bertz CT molecular complexity index is 456. The number of rotatable bonds is 2. The molecule has 98 valence electrons. The van der Waals surface area contributed by atoms with Crippen molar-refractivity contribution in [3.63, 3.8) is 0 Å². The van der Waals surface area contributed by atoms with Crippen LogP contribution in [0.1, 0.15) is 49.9 Å². The van der Waals surface area contributed by atoms with Crippen LogP contribution in [0.15, 0.2) is 18.2 Å². The number of ketones is 1. The quantitative estimate of drug-likeness (QED) is 0.665. The lowest BCUT2D eigenvalue weighted by molar-refractivity contribution is 0.0838. The zero-order valence-corrected chi connectivity index (χ0v) is 12.3. The van der Waals surface area contributed by atoms with E-state index in [1.807, 2.05) is 0 Å². The third-order valence-corrected chi connectivity index (χ3v) is 4.47. The molecule has 0 radical (unpaired) electrons. The Hall–Kier alpha value is -0.530. The minimum absolute atomic E-state index is 0.106. The fourth-order valence-corrected chi connectivity index (χ4v) is 2.95. The summed E-state index contributed by atoms with van der Waals surface area (Å²) in [7, 11) is 0. The zero-order valence-electron chi connectivity index (χ0n) is 10.8. The Morgan fingerprint density at radius 3 is 2.44 bits per heavy atom. The van der Waals surface area contributed by atoms with E-state index in [1.54, 1.807) is 18.2 Å². The summed E-state index contributed by atoms with van der Waals surface area (Å²) in [5, 5.41) is 1.08. The number of hydrogen-bond acceptors (Lipinski definition) is 1. The second-order valence-electron chi connectivity index (χ2n) is 5.93. The molecule has 0 bridgehead atoms. The smallest absolute Gasteiger partial charge is 0.167 e. The van der Waals surface area contributed by atoms with Crippen molar-refractivity contribution in [1.29, 1.82) is 0 Å². The average Bonchev–Trinajstić information content (AvgIpc) is 2.31. The summed E-state index contributed by atoms with van der Waals surface area (Å²) < 4.78 is 0. The maximum Gasteiger partial charge on any atom is 0.167 e. The molecule has 0 amide bonds. The number of carbonyl (C=O) groups excluding carboxylic acids is 1. The first-order valence-electron chi connectivity index (χ1n) is 6.38. The summed E-state index contributed by atoms with van der Waals surface area (Å²) in [4.78, 5) is 12.4. The second kappa shape index (κ2) is 5.22. The van der Waals surface area contributed by atoms with Crippen LogP contribution < -0.4 is 0 Å². The highest BCUT2D eigenvalue weighted by Crippen LogP contribution is 2.39. The van der Waals surface area contributed by atoms with E-state index >= 15 is 0 Å². The molecule has 0 spiro atoms. The van der Waals surface area contributed by atoms with Crippen LogP contribution in [-0.4, -0.2) is 5.78 Å². The SMILES string of the molecule is CC1(C)CCC(C(=O)c2cc(Cl)ccc2Cl)CC1. The third-order valence-electron chi connectivity index (χ3n) is 3.90. The van der Waals surface area contributed by atoms with Gasteiger partial charge in [0.1, 0.15) is 0 Å². The molecule has 0 unspecified atom stereocenters. The Labute approximate surface area is 118 Å². The molecule has 0 saturated heterocycles. The number of halogens is 2. The average molecular weight is 285 g/mol. The van der Waals surface area contributed by atoms with Crippen molar-refractivity contribution in [3.8, 4) is 0 Å². The molecule has 3 heteroatoms. The van der Waals surface area contributed by atoms with Crippen molar-refractivity contribution < 1.29 is 4.79 Å². The Balaban J connectivity index is 2.15. The van der Waals surface area contributed by atoms with Crippen molar-refractivity contribution in [2.24, 2.45) is 11.3 Å². The summed E-state index contributed by atoms with van der Waals surface area (Å²) >= 11 is 12.0. The molecular weight excluding hydrogens is 267 g/mol. The van der Waals surface area contributed by atoms with Crippen molar-refractivity contribution in [2.45, 2.75) is 39.5 Å². The number of benzene rings is 1. The topological polar surface area (TPSA) is 17.1 Å². The molecule has 1 aromatic carbocycles. The predicted octanol–water partition coefficient (Wildman–Crippen LogP) is 5.39. The van der Waals surface area contributed by atoms with Gasteiger partial charge in [0.2, 0.25) is 0 Å². The highest BCUT2D eigenvalue weighted by atomic mass is 35.5. The van der Waals surface area contributed by atoms with Gasteiger partial charge in [-0.2, -0.15) is 0 Å². The third kappa shape index (κ3) is 3.07. The molecular formula is C15H18Cl2O. The van der Waals surface area contributed by atoms with Gasteiger partial charge in [-0.3, -0.25) is 4.79 Å². The van der Waals surface area contributed by atoms with E-state index in [9.17, 15) is 4.79 Å². The summed E-state index contributed by atoms with van der Waals surface area (Å²) in [6.07, 6.45) is 4.10. The van der Waals surface area contributed by atoms with Crippen molar-refractivity contribution in [3.05, 3.63) is 33.8 Å². The van der Waals surface area contributed by atoms with E-state index in [0.29, 0.717) is 21.0 Å². The summed E-state index contributed by atoms with van der Waals surface area (Å²) in [6, 6.07) is 5.10. The van der Waals surface area contributed by atoms with Gasteiger partial charge in [0.15, 0.2) is 5.78 Å². The van der Waals surface area contributed by atoms with Crippen LogP contribution in [-0.2, 0) is 0 Å². The standard InChI is InChI=1S/C15H18Cl2O/c1-15(2)7-5-10(6-8-15)14(18)12-9-11(16)3-4-13(12)17/h3-4,9-10H,5-8H2,1-2H3. The van der Waals surface area contributed by atoms with E-state index in [4.69, 9.17) is 23.2 Å². The van der Waals surface area contributed by atoms with E-state index in [2.05, 4.69) is 13.8 Å². The van der Waals surface area contributed by atoms with E-state index in [0.717, 1.165) is 25.7 Å². The van der Waals surface area contributed by atoms with E-state index < -0.39 is 0 Å². The molecule has 2 rings (SSSR count). The van der Waals surface area contributed by atoms with Crippen molar-refractivity contribution in [2.75, 3.05) is 0 Å². The Kier molecular flexibility index (Phi) is 4.03. The fraction of sp³-hybridized carbons (Fsp3) is 0.533. The first-order chi connectivity index (χ1) is 8.39. The molecule has 1 saturated carbocycles. The maximum absolute atomic E-state index is 12.4. The Morgan fingerprint density at radius 1 is 1.22 bits per heavy atom. The molecule has 0 atom stereocenters. The van der Waals surface area contributed by atoms with Gasteiger partial charge in [-0.05, 0) is 49.3 Å². The van der Waals surface area contributed by atoms with Gasteiger partial charge in [0, 0.05) is 16.5 Å². The monoisotopic (exact) mass is 284 g/mol. The first-order valence-corrected chi connectivity index (χ1v) is 7.14. The molecule has 1 aliphatic carbocycles. The highest BCUT2D eigenvalue weighted by Gasteiger charge is 2.31. The lowest BCUT2D eigenvalue weighted by atomic mass is 9.71. The van der Waals surface area contributed by atoms with Gasteiger partial charge in [-0.15, -0.1) is 0 Å². The minimum Gasteiger partial charge on any atom is -0.294 e. The van der Waals surface area contributed by atoms with Crippen molar-refractivity contribution in [1.82, 2.24) is 0 Å². The number of Topliss-reactive ketones (excluding diaryl/α,β-unsaturated/α-hetero) is 1. The van der Waals surface area contributed by atoms with Crippen LogP contribution >= 0.6 is 23.2 Å². The van der Waals surface area contributed by atoms with E-state index in [1.165, 1.54) is 0 Å². The maximum atomic E-state index is 12.4. The van der Waals surface area contributed by atoms with Crippen LogP contribution in [0.3, 0.4) is 0 Å². The summed E-state index contributed by atoms with van der Waals surface area (Å²) in [5.74, 6) is 0.256. The fourth-order valence-electron chi connectivity index (χ4n) is 2.57. The molecule has 18 heavy (non-hydrogen) atoms. The molecule has 0 aromatic heterocycles. The number of hydrogen-bond donors (Lipinski definition) is 0. The molecule has 1 aromatic rings. The zero-order chi connectivity index (χ0) is 13.3.